The summed E-state index contributed by atoms with van der Waals surface area (Å²) in [4.78, 5) is 0. The molecule has 6 heteroatoms. The number of aliphatic hydroxyl groups is 4. The maximum absolute atomic E-state index is 9.62. The summed E-state index contributed by atoms with van der Waals surface area (Å²) >= 11 is 0. The molecule has 0 aromatic carbocycles. The minimum atomic E-state index is -1.05. The molecule has 1 saturated carbocycles. The van der Waals surface area contributed by atoms with Crippen molar-refractivity contribution in [3.05, 3.63) is 0 Å². The molecule has 0 radical (unpaired) electrons. The van der Waals surface area contributed by atoms with E-state index in [1.54, 1.807) is 0 Å². The van der Waals surface area contributed by atoms with Crippen molar-refractivity contribution < 1.29 is 20.4 Å². The van der Waals surface area contributed by atoms with Gasteiger partial charge in [0.2, 0.25) is 0 Å². The second-order valence-corrected chi connectivity index (χ2v) is 3.83. The van der Waals surface area contributed by atoms with Crippen molar-refractivity contribution in [1.29, 1.82) is 0 Å². The summed E-state index contributed by atoms with van der Waals surface area (Å²) in [7, 11) is 0. The van der Waals surface area contributed by atoms with Crippen molar-refractivity contribution in [2.75, 3.05) is 13.2 Å². The van der Waals surface area contributed by atoms with E-state index in [0.29, 0.717) is 0 Å². The molecular formula is C8H18N2O4. The molecule has 14 heavy (non-hydrogen) atoms. The second kappa shape index (κ2) is 4.52. The van der Waals surface area contributed by atoms with Crippen LogP contribution in [-0.2, 0) is 0 Å². The molecule has 1 aliphatic rings. The first-order chi connectivity index (χ1) is 6.54. The van der Waals surface area contributed by atoms with Gasteiger partial charge in [0, 0.05) is 31.1 Å². The maximum Gasteiger partial charge on any atom is 0.0870 e. The van der Waals surface area contributed by atoms with Gasteiger partial charge in [0.15, 0.2) is 0 Å². The molecule has 1 aliphatic carbocycles. The van der Waals surface area contributed by atoms with E-state index in [4.69, 9.17) is 21.7 Å². The average molecular weight is 206 g/mol. The molecule has 0 unspecified atom stereocenters. The molecule has 0 bridgehead atoms. The first kappa shape index (κ1) is 11.8. The highest BCUT2D eigenvalue weighted by atomic mass is 16.3. The molecule has 84 valence electrons. The van der Waals surface area contributed by atoms with Gasteiger partial charge in [-0.25, -0.2) is 0 Å². The van der Waals surface area contributed by atoms with E-state index in [0.717, 1.165) is 0 Å². The molecule has 1 rings (SSSR count). The molecule has 0 aromatic rings. The Morgan fingerprint density at radius 2 is 1.29 bits per heavy atom. The smallest absolute Gasteiger partial charge is 0.0870 e. The van der Waals surface area contributed by atoms with Gasteiger partial charge in [-0.1, -0.05) is 0 Å². The van der Waals surface area contributed by atoms with Crippen LogP contribution in [0.3, 0.4) is 0 Å². The van der Waals surface area contributed by atoms with Crippen molar-refractivity contribution in [2.24, 2.45) is 23.3 Å². The molecule has 8 N–H and O–H groups in total. The Kier molecular flexibility index (Phi) is 3.82. The Labute approximate surface area is 82.1 Å². The van der Waals surface area contributed by atoms with Crippen LogP contribution in [0.15, 0.2) is 0 Å². The molecule has 0 heterocycles. The van der Waals surface area contributed by atoms with Crippen LogP contribution in [0.4, 0.5) is 0 Å². The first-order valence-electron chi connectivity index (χ1n) is 4.63. The largest absolute Gasteiger partial charge is 0.396 e. The van der Waals surface area contributed by atoms with E-state index in [1.165, 1.54) is 0 Å². The topological polar surface area (TPSA) is 133 Å². The van der Waals surface area contributed by atoms with Crippen molar-refractivity contribution in [2.45, 2.75) is 24.3 Å². The lowest BCUT2D eigenvalue weighted by Crippen LogP contribution is -2.66. The maximum atomic E-state index is 9.62. The van der Waals surface area contributed by atoms with Crippen molar-refractivity contribution in [3.63, 3.8) is 0 Å². The predicted molar refractivity (Wildman–Crippen MR) is 49.1 cm³/mol. The van der Waals surface area contributed by atoms with Crippen molar-refractivity contribution >= 4 is 0 Å². The monoisotopic (exact) mass is 206 g/mol. The highest BCUT2D eigenvalue weighted by Crippen LogP contribution is 2.28. The summed E-state index contributed by atoms with van der Waals surface area (Å²) < 4.78 is 0. The van der Waals surface area contributed by atoms with E-state index >= 15 is 0 Å². The molecule has 0 aliphatic heterocycles. The molecule has 6 nitrogen and oxygen atoms in total. The van der Waals surface area contributed by atoms with Crippen LogP contribution in [0.2, 0.25) is 0 Å². The van der Waals surface area contributed by atoms with E-state index < -0.39 is 36.1 Å². The number of hydrogen-bond donors (Lipinski definition) is 6. The Balaban J connectivity index is 2.84. The van der Waals surface area contributed by atoms with Crippen LogP contribution in [0.25, 0.3) is 0 Å². The third kappa shape index (κ3) is 1.77. The van der Waals surface area contributed by atoms with Crippen LogP contribution >= 0.6 is 0 Å². The van der Waals surface area contributed by atoms with Crippen LogP contribution in [-0.4, -0.2) is 57.9 Å². The molecule has 1 fully saturated rings. The molecule has 0 saturated heterocycles. The summed E-state index contributed by atoms with van der Waals surface area (Å²) in [5.74, 6) is -1.10. The van der Waals surface area contributed by atoms with Gasteiger partial charge in [-0.2, -0.15) is 0 Å². The summed E-state index contributed by atoms with van der Waals surface area (Å²) in [5.41, 5.74) is 11.2. The third-order valence-corrected chi connectivity index (χ3v) is 3.09. The second-order valence-electron chi connectivity index (χ2n) is 3.83. The van der Waals surface area contributed by atoms with E-state index in [-0.39, 0.29) is 13.2 Å². The Hall–Kier alpha value is -0.240. The van der Waals surface area contributed by atoms with Gasteiger partial charge < -0.3 is 31.9 Å². The van der Waals surface area contributed by atoms with Gasteiger partial charge in [0.05, 0.1) is 18.2 Å². The van der Waals surface area contributed by atoms with Crippen LogP contribution in [0, 0.1) is 11.8 Å². The van der Waals surface area contributed by atoms with Crippen molar-refractivity contribution in [3.8, 4) is 0 Å². The lowest BCUT2D eigenvalue weighted by Gasteiger charge is -2.44. The van der Waals surface area contributed by atoms with E-state index in [2.05, 4.69) is 0 Å². The fraction of sp³-hybridized carbons (Fsp3) is 1.00. The van der Waals surface area contributed by atoms with Gasteiger partial charge in [-0.05, 0) is 0 Å². The predicted octanol–water partition coefficient (Wildman–Crippen LogP) is -3.41. The zero-order valence-corrected chi connectivity index (χ0v) is 7.82. The van der Waals surface area contributed by atoms with Crippen LogP contribution < -0.4 is 11.5 Å². The summed E-state index contributed by atoms with van der Waals surface area (Å²) in [6.07, 6.45) is -2.09. The van der Waals surface area contributed by atoms with Gasteiger partial charge in [-0.3, -0.25) is 0 Å². The Bertz CT molecular complexity index is 172. The quantitative estimate of drug-likeness (QED) is 0.279. The fourth-order valence-electron chi connectivity index (χ4n) is 2.04. The Morgan fingerprint density at radius 3 is 1.71 bits per heavy atom. The lowest BCUT2D eigenvalue weighted by molar-refractivity contribution is -0.0894. The van der Waals surface area contributed by atoms with E-state index in [1.807, 2.05) is 0 Å². The average Bonchev–Trinajstić information content (AvgIpc) is 2.20. The normalized spacial score (nSPS) is 49.3. The zero-order valence-electron chi connectivity index (χ0n) is 7.82. The van der Waals surface area contributed by atoms with Crippen LogP contribution in [0.1, 0.15) is 0 Å². The van der Waals surface area contributed by atoms with Crippen LogP contribution in [0.5, 0.6) is 0 Å². The van der Waals surface area contributed by atoms with Gasteiger partial charge in [-0.15, -0.1) is 0 Å². The minimum absolute atomic E-state index is 0.284. The zero-order chi connectivity index (χ0) is 10.9. The summed E-state index contributed by atoms with van der Waals surface area (Å²) in [5, 5.41) is 37.2. The SMILES string of the molecule is N[C@@H]1[C@H](O)[C@@H](N)[C@H](CO)[C@H](CO)[C@H]1O. The van der Waals surface area contributed by atoms with Crippen molar-refractivity contribution in [1.82, 2.24) is 0 Å². The lowest BCUT2D eigenvalue weighted by atomic mass is 9.71. The number of aliphatic hydroxyl groups excluding tert-OH is 4. The van der Waals surface area contributed by atoms with Gasteiger partial charge in [0.25, 0.3) is 0 Å². The highest BCUT2D eigenvalue weighted by molar-refractivity contribution is 5.01. The Morgan fingerprint density at radius 1 is 0.786 bits per heavy atom. The molecule has 0 aromatic heterocycles. The highest BCUT2D eigenvalue weighted by Gasteiger charge is 2.46. The summed E-state index contributed by atoms with van der Waals surface area (Å²) in [6.45, 7) is -0.590. The third-order valence-electron chi connectivity index (χ3n) is 3.09. The fourth-order valence-corrected chi connectivity index (χ4v) is 2.04. The summed E-state index contributed by atoms with van der Waals surface area (Å²) in [6, 6.07) is -1.58. The molecular weight excluding hydrogens is 188 g/mol. The van der Waals surface area contributed by atoms with E-state index in [9.17, 15) is 10.2 Å². The number of nitrogens with two attached hydrogens (primary N) is 2. The molecule has 6 atom stereocenters. The number of rotatable bonds is 2. The molecule has 0 amide bonds. The number of hydrogen-bond acceptors (Lipinski definition) is 6. The van der Waals surface area contributed by atoms with Gasteiger partial charge in [0.1, 0.15) is 0 Å². The minimum Gasteiger partial charge on any atom is -0.396 e. The standard InChI is InChI=1S/C8H18N2O4/c9-5-3(1-11)4(2-12)7(13)6(10)8(5)14/h3-8,11-14H,1-2,9-10H2/t3-,4+,5+,6+,7-,8-/m1/s1. The van der Waals surface area contributed by atoms with Gasteiger partial charge >= 0.3 is 0 Å². The first-order valence-corrected chi connectivity index (χ1v) is 4.63. The molecule has 0 spiro atoms.